The smallest absolute Gasteiger partial charge is 0.263 e. The van der Waals surface area contributed by atoms with E-state index in [4.69, 9.17) is 8.83 Å². The highest BCUT2D eigenvalue weighted by Gasteiger charge is 2.26. The van der Waals surface area contributed by atoms with E-state index in [-0.39, 0.29) is 0 Å². The van der Waals surface area contributed by atoms with Crippen LogP contribution in [0.1, 0.15) is 37.0 Å². The number of hydrogen-bond donors (Lipinski definition) is 0. The molecular weight excluding hydrogens is 288 g/mol. The summed E-state index contributed by atoms with van der Waals surface area (Å²) in [6.45, 7) is 10.8. The standard InChI is InChI=1S/C19H24N2O2/c1-5-7-16-9-6-8-13(2)21(16)12-17-15(4)23-19(20-17)18-11-10-14(3)22-18/h5-6,8,10-11,13,16H,1,7,9,12H2,2-4H3/t13-,16-/m1/s1. The quantitative estimate of drug-likeness (QED) is 0.754. The van der Waals surface area contributed by atoms with E-state index in [1.807, 2.05) is 32.1 Å². The van der Waals surface area contributed by atoms with Crippen molar-refractivity contribution in [2.24, 2.45) is 0 Å². The second-order valence-corrected chi connectivity index (χ2v) is 6.19. The maximum atomic E-state index is 5.82. The lowest BCUT2D eigenvalue weighted by Crippen LogP contribution is -2.42. The van der Waals surface area contributed by atoms with E-state index in [9.17, 15) is 0 Å². The molecule has 0 N–H and O–H groups in total. The lowest BCUT2D eigenvalue weighted by atomic mass is 10.00. The molecule has 4 nitrogen and oxygen atoms in total. The molecule has 3 heterocycles. The highest BCUT2D eigenvalue weighted by molar-refractivity contribution is 5.45. The Bertz CT molecular complexity index is 711. The zero-order valence-corrected chi connectivity index (χ0v) is 14.1. The van der Waals surface area contributed by atoms with Gasteiger partial charge >= 0.3 is 0 Å². The SMILES string of the molecule is C=CC[C@@H]1CC=C[C@@H](C)N1Cc1nc(-c2ccc(C)o2)oc1C. The Morgan fingerprint density at radius 1 is 1.35 bits per heavy atom. The Morgan fingerprint density at radius 3 is 2.87 bits per heavy atom. The van der Waals surface area contributed by atoms with Gasteiger partial charge in [0, 0.05) is 18.6 Å². The second kappa shape index (κ2) is 6.59. The van der Waals surface area contributed by atoms with Gasteiger partial charge in [-0.15, -0.1) is 6.58 Å². The van der Waals surface area contributed by atoms with E-state index in [1.54, 1.807) is 0 Å². The van der Waals surface area contributed by atoms with Crippen molar-refractivity contribution in [3.05, 3.63) is 54.2 Å². The van der Waals surface area contributed by atoms with Crippen molar-refractivity contribution in [3.63, 3.8) is 0 Å². The molecule has 0 saturated heterocycles. The Balaban J connectivity index is 1.83. The van der Waals surface area contributed by atoms with Crippen LogP contribution in [0.3, 0.4) is 0 Å². The summed E-state index contributed by atoms with van der Waals surface area (Å²) in [5, 5.41) is 0. The molecule has 0 saturated carbocycles. The van der Waals surface area contributed by atoms with Crippen LogP contribution < -0.4 is 0 Å². The van der Waals surface area contributed by atoms with Crippen molar-refractivity contribution in [1.82, 2.24) is 9.88 Å². The normalized spacial score (nSPS) is 21.7. The van der Waals surface area contributed by atoms with E-state index in [0.717, 1.165) is 36.6 Å². The van der Waals surface area contributed by atoms with E-state index in [0.29, 0.717) is 23.7 Å². The van der Waals surface area contributed by atoms with Gasteiger partial charge in [0.15, 0.2) is 5.76 Å². The van der Waals surface area contributed by atoms with Crippen molar-refractivity contribution in [3.8, 4) is 11.7 Å². The molecule has 2 aromatic rings. The monoisotopic (exact) mass is 312 g/mol. The van der Waals surface area contributed by atoms with Crippen LogP contribution in [-0.2, 0) is 6.54 Å². The lowest BCUT2D eigenvalue weighted by molar-refractivity contribution is 0.148. The fourth-order valence-corrected chi connectivity index (χ4v) is 3.11. The summed E-state index contributed by atoms with van der Waals surface area (Å²) < 4.78 is 11.4. The van der Waals surface area contributed by atoms with Crippen LogP contribution in [0.25, 0.3) is 11.7 Å². The van der Waals surface area contributed by atoms with Gasteiger partial charge in [0.25, 0.3) is 5.89 Å². The Kier molecular flexibility index (Phi) is 4.53. The van der Waals surface area contributed by atoms with Crippen molar-refractivity contribution in [2.45, 2.75) is 52.2 Å². The Morgan fingerprint density at radius 2 is 2.17 bits per heavy atom. The van der Waals surface area contributed by atoms with Gasteiger partial charge in [0.2, 0.25) is 0 Å². The summed E-state index contributed by atoms with van der Waals surface area (Å²) >= 11 is 0. The molecule has 1 aliphatic rings. The fourth-order valence-electron chi connectivity index (χ4n) is 3.11. The topological polar surface area (TPSA) is 42.4 Å². The highest BCUT2D eigenvalue weighted by Crippen LogP contribution is 2.27. The van der Waals surface area contributed by atoms with Crippen molar-refractivity contribution in [1.29, 1.82) is 0 Å². The van der Waals surface area contributed by atoms with Crippen molar-refractivity contribution in [2.75, 3.05) is 0 Å². The number of aryl methyl sites for hydroxylation is 2. The highest BCUT2D eigenvalue weighted by atomic mass is 16.4. The van der Waals surface area contributed by atoms with E-state index < -0.39 is 0 Å². The molecular formula is C19H24N2O2. The molecule has 1 aliphatic heterocycles. The zero-order valence-electron chi connectivity index (χ0n) is 14.1. The largest absolute Gasteiger partial charge is 0.456 e. The molecule has 2 atom stereocenters. The summed E-state index contributed by atoms with van der Waals surface area (Å²) in [7, 11) is 0. The second-order valence-electron chi connectivity index (χ2n) is 6.19. The van der Waals surface area contributed by atoms with Crippen LogP contribution in [0.2, 0.25) is 0 Å². The molecule has 122 valence electrons. The third kappa shape index (κ3) is 3.32. The first kappa shape index (κ1) is 15.8. The van der Waals surface area contributed by atoms with Crippen LogP contribution in [0.15, 0.2) is 45.8 Å². The minimum atomic E-state index is 0.388. The van der Waals surface area contributed by atoms with Crippen LogP contribution in [0, 0.1) is 13.8 Å². The molecule has 2 aromatic heterocycles. The first-order valence-corrected chi connectivity index (χ1v) is 8.15. The fraction of sp³-hybridized carbons (Fsp3) is 0.421. The number of rotatable bonds is 5. The summed E-state index contributed by atoms with van der Waals surface area (Å²) in [6, 6.07) is 4.68. The molecule has 0 unspecified atom stereocenters. The predicted octanol–water partition coefficient (Wildman–Crippen LogP) is 4.65. The minimum absolute atomic E-state index is 0.388. The maximum Gasteiger partial charge on any atom is 0.263 e. The molecule has 4 heteroatoms. The predicted molar refractivity (Wildman–Crippen MR) is 91.0 cm³/mol. The Labute approximate surface area is 137 Å². The lowest BCUT2D eigenvalue weighted by Gasteiger charge is -2.36. The molecule has 0 fully saturated rings. The molecule has 0 radical (unpaired) electrons. The van der Waals surface area contributed by atoms with Crippen molar-refractivity contribution < 1.29 is 8.83 Å². The van der Waals surface area contributed by atoms with Crippen LogP contribution in [-0.4, -0.2) is 22.0 Å². The number of furan rings is 1. The van der Waals surface area contributed by atoms with Gasteiger partial charge in [-0.2, -0.15) is 0 Å². The number of hydrogen-bond acceptors (Lipinski definition) is 4. The Hall–Kier alpha value is -2.07. The van der Waals surface area contributed by atoms with Crippen LogP contribution >= 0.6 is 0 Å². The molecule has 0 bridgehead atoms. The van der Waals surface area contributed by atoms with Crippen molar-refractivity contribution >= 4 is 0 Å². The number of nitrogens with zero attached hydrogens (tertiary/aromatic N) is 2. The molecule has 0 amide bonds. The summed E-state index contributed by atoms with van der Waals surface area (Å²) in [5.74, 6) is 2.96. The zero-order chi connectivity index (χ0) is 16.4. The molecule has 0 aromatic carbocycles. The third-order valence-corrected chi connectivity index (χ3v) is 4.43. The van der Waals surface area contributed by atoms with Gasteiger partial charge in [0.05, 0.1) is 5.69 Å². The molecule has 23 heavy (non-hydrogen) atoms. The minimum Gasteiger partial charge on any atom is -0.456 e. The average molecular weight is 312 g/mol. The molecule has 3 rings (SSSR count). The first-order valence-electron chi connectivity index (χ1n) is 8.15. The van der Waals surface area contributed by atoms with Gasteiger partial charge < -0.3 is 8.83 Å². The van der Waals surface area contributed by atoms with Crippen LogP contribution in [0.4, 0.5) is 0 Å². The summed E-state index contributed by atoms with van der Waals surface area (Å²) in [6.07, 6.45) is 8.55. The first-order chi connectivity index (χ1) is 11.1. The maximum absolute atomic E-state index is 5.82. The number of oxazole rings is 1. The number of aromatic nitrogens is 1. The van der Waals surface area contributed by atoms with Gasteiger partial charge in [0.1, 0.15) is 11.5 Å². The van der Waals surface area contributed by atoms with Gasteiger partial charge in [-0.1, -0.05) is 18.2 Å². The van der Waals surface area contributed by atoms with E-state index in [1.165, 1.54) is 0 Å². The van der Waals surface area contributed by atoms with Gasteiger partial charge in [-0.25, -0.2) is 4.98 Å². The average Bonchev–Trinajstić information content (AvgIpc) is 3.09. The van der Waals surface area contributed by atoms with Gasteiger partial charge in [-0.05, 0) is 45.7 Å². The van der Waals surface area contributed by atoms with E-state index >= 15 is 0 Å². The summed E-state index contributed by atoms with van der Waals surface area (Å²) in [5.41, 5.74) is 0.977. The van der Waals surface area contributed by atoms with E-state index in [2.05, 4.69) is 35.5 Å². The molecule has 0 spiro atoms. The molecule has 0 aliphatic carbocycles. The van der Waals surface area contributed by atoms with Gasteiger partial charge in [-0.3, -0.25) is 4.90 Å². The summed E-state index contributed by atoms with van der Waals surface area (Å²) in [4.78, 5) is 7.13. The third-order valence-electron chi connectivity index (χ3n) is 4.43. The van der Waals surface area contributed by atoms with Crippen LogP contribution in [0.5, 0.6) is 0 Å².